The summed E-state index contributed by atoms with van der Waals surface area (Å²) in [5, 5.41) is 10.9. The van der Waals surface area contributed by atoms with Gasteiger partial charge in [-0.25, -0.2) is 0 Å². The molecule has 1 aromatic carbocycles. The molecule has 94 valence electrons. The van der Waals surface area contributed by atoms with Gasteiger partial charge in [0.05, 0.1) is 14.8 Å². The van der Waals surface area contributed by atoms with Gasteiger partial charge in [0.2, 0.25) is 0 Å². The van der Waals surface area contributed by atoms with Crippen molar-refractivity contribution >= 4 is 40.3 Å². The Bertz CT molecular complexity index is 575. The molecule has 0 saturated heterocycles. The lowest BCUT2D eigenvalue weighted by atomic mass is 10.2. The third-order valence-electron chi connectivity index (χ3n) is 2.56. The van der Waals surface area contributed by atoms with Gasteiger partial charge in [0, 0.05) is 5.69 Å². The van der Waals surface area contributed by atoms with E-state index in [0.717, 1.165) is 20.5 Å². The van der Waals surface area contributed by atoms with Crippen molar-refractivity contribution in [2.45, 2.75) is 11.1 Å². The number of nitrogens with two attached hydrogens (primary N) is 1. The molecule has 0 aliphatic rings. The number of aryl methyl sites for hydroxylation is 1. The van der Waals surface area contributed by atoms with Crippen molar-refractivity contribution in [2.75, 3.05) is 11.6 Å². The first-order chi connectivity index (χ1) is 8.61. The summed E-state index contributed by atoms with van der Waals surface area (Å²) in [6.07, 6.45) is 2.03. The van der Waals surface area contributed by atoms with E-state index in [4.69, 9.17) is 11.1 Å². The fraction of sp³-hybridized carbons (Fsp3) is 0.154. The second kappa shape index (κ2) is 5.46. The second-order valence-corrected chi connectivity index (χ2v) is 6.00. The maximum atomic E-state index is 7.49. The monoisotopic (exact) mass is 277 g/mol. The highest BCUT2D eigenvalue weighted by atomic mass is 32.2. The van der Waals surface area contributed by atoms with Crippen molar-refractivity contribution < 1.29 is 0 Å². The standard InChI is InChI=1S/C13H15N3S2/c1-8-5-3-4-6-9(8)16-10-7-11(12(14)15)18-13(10)17-2/h3-7,16H,1-2H3,(H3,14,15). The lowest BCUT2D eigenvalue weighted by Gasteiger charge is -2.08. The molecular weight excluding hydrogens is 262 g/mol. The number of para-hydroxylation sites is 1. The smallest absolute Gasteiger partial charge is 0.133 e. The topological polar surface area (TPSA) is 61.9 Å². The number of benzene rings is 1. The highest BCUT2D eigenvalue weighted by Crippen LogP contribution is 2.36. The summed E-state index contributed by atoms with van der Waals surface area (Å²) in [6.45, 7) is 2.07. The average molecular weight is 277 g/mol. The van der Waals surface area contributed by atoms with Gasteiger partial charge in [0.25, 0.3) is 0 Å². The van der Waals surface area contributed by atoms with Gasteiger partial charge < -0.3 is 11.1 Å². The second-order valence-electron chi connectivity index (χ2n) is 3.87. The Morgan fingerprint density at radius 3 is 2.67 bits per heavy atom. The quantitative estimate of drug-likeness (QED) is 0.452. The van der Waals surface area contributed by atoms with Gasteiger partial charge in [-0.05, 0) is 30.9 Å². The molecule has 5 heteroatoms. The Hall–Kier alpha value is -1.46. The highest BCUT2D eigenvalue weighted by molar-refractivity contribution is 8.00. The lowest BCUT2D eigenvalue weighted by molar-refractivity contribution is 1.42. The third-order valence-corrected chi connectivity index (χ3v) is 4.87. The molecule has 0 radical (unpaired) electrons. The van der Waals surface area contributed by atoms with Crippen LogP contribution in [-0.4, -0.2) is 12.1 Å². The zero-order valence-electron chi connectivity index (χ0n) is 10.3. The van der Waals surface area contributed by atoms with Gasteiger partial charge in [-0.1, -0.05) is 18.2 Å². The van der Waals surface area contributed by atoms with Gasteiger partial charge in [0.1, 0.15) is 5.84 Å². The van der Waals surface area contributed by atoms with Crippen LogP contribution in [0.4, 0.5) is 11.4 Å². The first kappa shape index (κ1) is 13.0. The number of amidine groups is 1. The Kier molecular flexibility index (Phi) is 3.93. The number of hydrogen-bond donors (Lipinski definition) is 3. The van der Waals surface area contributed by atoms with E-state index in [2.05, 4.69) is 18.3 Å². The first-order valence-corrected chi connectivity index (χ1v) is 7.51. The lowest BCUT2D eigenvalue weighted by Crippen LogP contribution is -2.08. The van der Waals surface area contributed by atoms with Crippen LogP contribution in [0, 0.1) is 12.3 Å². The maximum absolute atomic E-state index is 7.49. The molecule has 0 fully saturated rings. The molecule has 0 atom stereocenters. The Balaban J connectivity index is 2.34. The molecule has 4 N–H and O–H groups in total. The SMILES string of the molecule is CSc1sc(C(=N)N)cc1Nc1ccccc1C. The number of hydrogen-bond acceptors (Lipinski definition) is 4. The van der Waals surface area contributed by atoms with Crippen LogP contribution >= 0.6 is 23.1 Å². The number of rotatable bonds is 4. The van der Waals surface area contributed by atoms with Gasteiger partial charge in [-0.3, -0.25) is 5.41 Å². The summed E-state index contributed by atoms with van der Waals surface area (Å²) in [5.41, 5.74) is 8.83. The molecule has 0 aliphatic heterocycles. The fourth-order valence-electron chi connectivity index (χ4n) is 1.60. The zero-order chi connectivity index (χ0) is 13.1. The summed E-state index contributed by atoms with van der Waals surface area (Å²) < 4.78 is 1.14. The van der Waals surface area contributed by atoms with Crippen LogP contribution in [0.1, 0.15) is 10.4 Å². The van der Waals surface area contributed by atoms with Crippen LogP contribution in [0.2, 0.25) is 0 Å². The van der Waals surface area contributed by atoms with Crippen molar-refractivity contribution in [2.24, 2.45) is 5.73 Å². The summed E-state index contributed by atoms with van der Waals surface area (Å²) in [7, 11) is 0. The van der Waals surface area contributed by atoms with E-state index in [1.165, 1.54) is 5.56 Å². The number of nitrogens with one attached hydrogen (secondary N) is 2. The van der Waals surface area contributed by atoms with Crippen LogP contribution in [0.25, 0.3) is 0 Å². The van der Waals surface area contributed by atoms with Crippen molar-refractivity contribution in [3.63, 3.8) is 0 Å². The van der Waals surface area contributed by atoms with E-state index >= 15 is 0 Å². The molecule has 0 spiro atoms. The molecule has 2 aromatic rings. The molecule has 0 unspecified atom stereocenters. The summed E-state index contributed by atoms with van der Waals surface area (Å²) >= 11 is 3.21. The minimum absolute atomic E-state index is 0.119. The van der Waals surface area contributed by atoms with Gasteiger partial charge in [-0.15, -0.1) is 23.1 Å². The molecule has 0 bridgehead atoms. The van der Waals surface area contributed by atoms with Crippen molar-refractivity contribution in [1.82, 2.24) is 0 Å². The maximum Gasteiger partial charge on any atom is 0.133 e. The van der Waals surface area contributed by atoms with Crippen LogP contribution in [0.15, 0.2) is 34.5 Å². The normalized spacial score (nSPS) is 10.3. The third kappa shape index (κ3) is 2.68. The van der Waals surface area contributed by atoms with Crippen molar-refractivity contribution in [3.8, 4) is 0 Å². The Morgan fingerprint density at radius 1 is 1.33 bits per heavy atom. The van der Waals surface area contributed by atoms with E-state index in [-0.39, 0.29) is 5.84 Å². The fourth-order valence-corrected chi connectivity index (χ4v) is 3.24. The van der Waals surface area contributed by atoms with E-state index in [1.54, 1.807) is 23.1 Å². The number of anilines is 2. The van der Waals surface area contributed by atoms with Crippen LogP contribution in [0.5, 0.6) is 0 Å². The van der Waals surface area contributed by atoms with Gasteiger partial charge in [-0.2, -0.15) is 0 Å². The van der Waals surface area contributed by atoms with E-state index in [9.17, 15) is 0 Å². The van der Waals surface area contributed by atoms with E-state index in [1.807, 2.05) is 30.5 Å². The summed E-state index contributed by atoms with van der Waals surface area (Å²) in [4.78, 5) is 0.801. The largest absolute Gasteiger partial charge is 0.383 e. The molecule has 0 amide bonds. The highest BCUT2D eigenvalue weighted by Gasteiger charge is 2.11. The molecule has 3 nitrogen and oxygen atoms in total. The van der Waals surface area contributed by atoms with Gasteiger partial charge >= 0.3 is 0 Å². The minimum atomic E-state index is 0.119. The zero-order valence-corrected chi connectivity index (χ0v) is 11.9. The Labute approximate surface area is 115 Å². The number of thioether (sulfide) groups is 1. The molecule has 18 heavy (non-hydrogen) atoms. The molecule has 0 aliphatic carbocycles. The predicted molar refractivity (Wildman–Crippen MR) is 81.6 cm³/mol. The minimum Gasteiger partial charge on any atom is -0.383 e. The molecule has 1 heterocycles. The average Bonchev–Trinajstić information content (AvgIpc) is 2.75. The van der Waals surface area contributed by atoms with Crippen LogP contribution < -0.4 is 11.1 Å². The summed E-state index contributed by atoms with van der Waals surface area (Å²) in [6, 6.07) is 10.1. The van der Waals surface area contributed by atoms with E-state index < -0.39 is 0 Å². The molecule has 2 rings (SSSR count). The molecule has 0 saturated carbocycles. The van der Waals surface area contributed by atoms with Crippen LogP contribution in [0.3, 0.4) is 0 Å². The number of nitrogen functional groups attached to an aromatic ring is 1. The molecular formula is C13H15N3S2. The molecule has 1 aromatic heterocycles. The summed E-state index contributed by atoms with van der Waals surface area (Å²) in [5.74, 6) is 0.119. The first-order valence-electron chi connectivity index (χ1n) is 5.46. The van der Waals surface area contributed by atoms with Gasteiger partial charge in [0.15, 0.2) is 0 Å². The number of thiophene rings is 1. The van der Waals surface area contributed by atoms with E-state index in [0.29, 0.717) is 0 Å². The van der Waals surface area contributed by atoms with Crippen LogP contribution in [-0.2, 0) is 0 Å². The van der Waals surface area contributed by atoms with Crippen molar-refractivity contribution in [3.05, 3.63) is 40.8 Å². The Morgan fingerprint density at radius 2 is 2.06 bits per heavy atom. The van der Waals surface area contributed by atoms with Crippen molar-refractivity contribution in [1.29, 1.82) is 5.41 Å². The predicted octanol–water partition coefficient (Wildman–Crippen LogP) is 3.81.